The van der Waals surface area contributed by atoms with Crippen molar-refractivity contribution in [2.75, 3.05) is 13.1 Å². The van der Waals surface area contributed by atoms with Gasteiger partial charge in [-0.3, -0.25) is 4.79 Å². The molecule has 0 radical (unpaired) electrons. The second kappa shape index (κ2) is 10.9. The molecule has 196 valence electrons. The molecule has 4 unspecified atom stereocenters. The minimum atomic E-state index is -0.126. The van der Waals surface area contributed by atoms with E-state index in [1.54, 1.807) is 0 Å². The summed E-state index contributed by atoms with van der Waals surface area (Å²) in [6.07, 6.45) is 14.7. The van der Waals surface area contributed by atoms with E-state index in [0.29, 0.717) is 64.6 Å². The van der Waals surface area contributed by atoms with Crippen LogP contribution in [0.4, 0.5) is 0 Å². The number of carbonyl (C=O) groups is 1. The second-order valence-electron chi connectivity index (χ2n) is 13.4. The summed E-state index contributed by atoms with van der Waals surface area (Å²) < 4.78 is 0. The second-order valence-corrected chi connectivity index (χ2v) is 13.4. The average molecular weight is 475 g/mol. The standard InChI is InChI=1S/C30H54N2O2/c1-5-23(33)9-8-20(2)24-10-11-25-28-26(13-15-30(24,25)4)29(3)14-12-22(32-17-7-6-16-31)18-21(29)19-27(28)34/h20-22,24-28,32,34H,5-19,31H2,1-4H3/t20-,21-,22-,24-,25?,26?,27?,28?,29+,30-/m1/s1. The van der Waals surface area contributed by atoms with E-state index < -0.39 is 0 Å². The third kappa shape index (κ3) is 4.90. The number of aliphatic hydroxyl groups excluding tert-OH is 1. The van der Waals surface area contributed by atoms with Gasteiger partial charge in [0.05, 0.1) is 6.10 Å². The average Bonchev–Trinajstić information content (AvgIpc) is 3.18. The van der Waals surface area contributed by atoms with Gasteiger partial charge in [-0.25, -0.2) is 0 Å². The summed E-state index contributed by atoms with van der Waals surface area (Å²) in [6, 6.07) is 0.621. The maximum Gasteiger partial charge on any atom is 0.132 e. The van der Waals surface area contributed by atoms with Crippen LogP contribution in [0, 0.1) is 46.3 Å². The number of aliphatic hydroxyl groups is 1. The first-order valence-corrected chi connectivity index (χ1v) is 14.9. The van der Waals surface area contributed by atoms with Gasteiger partial charge in [0.1, 0.15) is 5.78 Å². The van der Waals surface area contributed by atoms with Crippen LogP contribution < -0.4 is 11.1 Å². The van der Waals surface area contributed by atoms with Crippen molar-refractivity contribution in [3.05, 3.63) is 0 Å². The van der Waals surface area contributed by atoms with E-state index in [1.165, 1.54) is 51.4 Å². The molecule has 0 heterocycles. The Bertz CT molecular complexity index is 697. The van der Waals surface area contributed by atoms with Gasteiger partial charge in [-0.1, -0.05) is 27.7 Å². The van der Waals surface area contributed by atoms with Gasteiger partial charge in [0, 0.05) is 18.9 Å². The number of carbonyl (C=O) groups excluding carboxylic acids is 1. The molecule has 0 bridgehead atoms. The van der Waals surface area contributed by atoms with Gasteiger partial charge in [0.25, 0.3) is 0 Å². The number of fused-ring (bicyclic) bond motifs is 5. The molecule has 0 aromatic rings. The lowest BCUT2D eigenvalue weighted by Crippen LogP contribution is -2.59. The molecule has 4 fully saturated rings. The topological polar surface area (TPSA) is 75.3 Å². The molecule has 4 heteroatoms. The predicted molar refractivity (Wildman–Crippen MR) is 140 cm³/mol. The largest absolute Gasteiger partial charge is 0.393 e. The van der Waals surface area contributed by atoms with Crippen molar-refractivity contribution in [2.24, 2.45) is 52.1 Å². The molecule has 4 rings (SSSR count). The van der Waals surface area contributed by atoms with E-state index in [0.717, 1.165) is 38.8 Å². The van der Waals surface area contributed by atoms with Crippen molar-refractivity contribution in [3.63, 3.8) is 0 Å². The van der Waals surface area contributed by atoms with Crippen molar-refractivity contribution in [1.82, 2.24) is 5.32 Å². The minimum absolute atomic E-state index is 0.126. The summed E-state index contributed by atoms with van der Waals surface area (Å²) in [6.45, 7) is 11.4. The van der Waals surface area contributed by atoms with Crippen molar-refractivity contribution in [3.8, 4) is 0 Å². The Kier molecular flexibility index (Phi) is 8.52. The molecule has 4 aliphatic carbocycles. The molecule has 4 N–H and O–H groups in total. The van der Waals surface area contributed by atoms with E-state index in [2.05, 4.69) is 26.1 Å². The van der Waals surface area contributed by atoms with Crippen LogP contribution in [-0.4, -0.2) is 36.1 Å². The number of ketones is 1. The first-order valence-electron chi connectivity index (χ1n) is 14.9. The fraction of sp³-hybridized carbons (Fsp3) is 0.967. The van der Waals surface area contributed by atoms with Crippen LogP contribution in [0.15, 0.2) is 0 Å². The summed E-state index contributed by atoms with van der Waals surface area (Å²) in [4.78, 5) is 12.0. The number of nitrogens with two attached hydrogens (primary N) is 1. The fourth-order valence-electron chi connectivity index (χ4n) is 9.73. The summed E-state index contributed by atoms with van der Waals surface area (Å²) >= 11 is 0. The maximum atomic E-state index is 12.0. The van der Waals surface area contributed by atoms with Gasteiger partial charge in [-0.2, -0.15) is 0 Å². The molecular weight excluding hydrogens is 420 g/mol. The van der Waals surface area contributed by atoms with Gasteiger partial charge >= 0.3 is 0 Å². The predicted octanol–water partition coefficient (Wildman–Crippen LogP) is 5.71. The number of hydrogen-bond donors (Lipinski definition) is 3. The molecule has 0 aromatic heterocycles. The van der Waals surface area contributed by atoms with Crippen molar-refractivity contribution >= 4 is 5.78 Å². The van der Waals surface area contributed by atoms with E-state index in [1.807, 2.05) is 6.92 Å². The maximum absolute atomic E-state index is 12.0. The van der Waals surface area contributed by atoms with E-state index >= 15 is 0 Å². The normalized spacial score (nSPS) is 44.7. The van der Waals surface area contributed by atoms with Gasteiger partial charge < -0.3 is 16.2 Å². The molecule has 4 nitrogen and oxygen atoms in total. The van der Waals surface area contributed by atoms with Crippen LogP contribution in [0.5, 0.6) is 0 Å². The van der Waals surface area contributed by atoms with Crippen LogP contribution in [-0.2, 0) is 4.79 Å². The van der Waals surface area contributed by atoms with Crippen molar-refractivity contribution < 1.29 is 9.90 Å². The van der Waals surface area contributed by atoms with Crippen LogP contribution in [0.1, 0.15) is 111 Å². The summed E-state index contributed by atoms with van der Waals surface area (Å²) in [7, 11) is 0. The number of unbranched alkanes of at least 4 members (excludes halogenated alkanes) is 1. The lowest BCUT2D eigenvalue weighted by Gasteiger charge is -2.62. The van der Waals surface area contributed by atoms with Crippen molar-refractivity contribution in [2.45, 2.75) is 123 Å². The minimum Gasteiger partial charge on any atom is -0.393 e. The van der Waals surface area contributed by atoms with E-state index in [4.69, 9.17) is 5.73 Å². The molecule has 0 spiro atoms. The lowest BCUT2D eigenvalue weighted by atomic mass is 9.43. The van der Waals surface area contributed by atoms with Gasteiger partial charge in [-0.15, -0.1) is 0 Å². The van der Waals surface area contributed by atoms with Gasteiger partial charge in [0.15, 0.2) is 0 Å². The molecule has 4 aliphatic rings. The first-order chi connectivity index (χ1) is 16.2. The highest BCUT2D eigenvalue weighted by atomic mass is 16.3. The third-order valence-electron chi connectivity index (χ3n) is 11.8. The highest BCUT2D eigenvalue weighted by Gasteiger charge is 2.62. The van der Waals surface area contributed by atoms with Crippen molar-refractivity contribution in [1.29, 1.82) is 0 Å². The van der Waals surface area contributed by atoms with E-state index in [9.17, 15) is 9.90 Å². The number of Topliss-reactive ketones (excluding diaryl/α,β-unsaturated/α-hetero) is 1. The fourth-order valence-corrected chi connectivity index (χ4v) is 9.73. The molecule has 10 atom stereocenters. The number of nitrogens with one attached hydrogen (secondary N) is 1. The summed E-state index contributed by atoms with van der Waals surface area (Å²) in [5.41, 5.74) is 6.41. The highest BCUT2D eigenvalue weighted by molar-refractivity contribution is 5.77. The Morgan fingerprint density at radius 2 is 1.79 bits per heavy atom. The van der Waals surface area contributed by atoms with Crippen LogP contribution in [0.25, 0.3) is 0 Å². The number of rotatable bonds is 10. The number of hydrogen-bond acceptors (Lipinski definition) is 4. The first kappa shape index (κ1) is 26.6. The zero-order valence-corrected chi connectivity index (χ0v) is 22.7. The molecule has 0 saturated heterocycles. The highest BCUT2D eigenvalue weighted by Crippen LogP contribution is 2.68. The Hall–Kier alpha value is -0.450. The summed E-state index contributed by atoms with van der Waals surface area (Å²) in [5, 5.41) is 15.4. The third-order valence-corrected chi connectivity index (χ3v) is 11.8. The summed E-state index contributed by atoms with van der Waals surface area (Å²) in [5.74, 6) is 4.25. The molecule has 0 aromatic carbocycles. The van der Waals surface area contributed by atoms with E-state index in [-0.39, 0.29) is 6.10 Å². The zero-order chi connectivity index (χ0) is 24.5. The Morgan fingerprint density at radius 1 is 1.06 bits per heavy atom. The van der Waals surface area contributed by atoms with Crippen LogP contribution in [0.2, 0.25) is 0 Å². The molecule has 34 heavy (non-hydrogen) atoms. The lowest BCUT2D eigenvalue weighted by molar-refractivity contribution is -0.167. The molecular formula is C30H54N2O2. The van der Waals surface area contributed by atoms with Gasteiger partial charge in [0.2, 0.25) is 0 Å². The SMILES string of the molecule is CCC(=O)CC[C@@H](C)[C@H]1CCC2C3C(O)C[C@H]4C[C@H](NCCCCN)CC[C@]4(C)C3CC[C@@]21C. The monoisotopic (exact) mass is 474 g/mol. The van der Waals surface area contributed by atoms with Crippen LogP contribution >= 0.6 is 0 Å². The Labute approximate surface area is 209 Å². The molecule has 4 saturated carbocycles. The molecule has 0 amide bonds. The Morgan fingerprint density at radius 3 is 2.53 bits per heavy atom. The zero-order valence-electron chi connectivity index (χ0n) is 22.7. The molecule has 0 aliphatic heterocycles. The quantitative estimate of drug-likeness (QED) is 0.355. The van der Waals surface area contributed by atoms with Gasteiger partial charge in [-0.05, 0) is 130 Å². The Balaban J connectivity index is 1.42. The smallest absolute Gasteiger partial charge is 0.132 e. The van der Waals surface area contributed by atoms with Crippen LogP contribution in [0.3, 0.4) is 0 Å².